The molecule has 3 aromatic heterocycles. The second-order valence-corrected chi connectivity index (χ2v) is 8.12. The van der Waals surface area contributed by atoms with E-state index < -0.39 is 0 Å². The molecule has 0 aliphatic heterocycles. The number of hydrogen-bond acceptors (Lipinski definition) is 6. The number of ether oxygens (including phenoxy) is 1. The molecule has 0 unspecified atom stereocenters. The number of fused-ring (bicyclic) bond motifs is 1. The molecular formula is C26H25N5O3. The summed E-state index contributed by atoms with van der Waals surface area (Å²) in [5.74, 6) is 1.63. The normalized spacial score (nSPS) is 11.2. The van der Waals surface area contributed by atoms with Gasteiger partial charge in [-0.05, 0) is 37.1 Å². The van der Waals surface area contributed by atoms with Crippen LogP contribution in [0.25, 0.3) is 28.2 Å². The van der Waals surface area contributed by atoms with Crippen LogP contribution in [-0.2, 0) is 6.54 Å². The van der Waals surface area contributed by atoms with Gasteiger partial charge in [-0.15, -0.1) is 0 Å². The van der Waals surface area contributed by atoms with Crippen molar-refractivity contribution in [1.29, 1.82) is 0 Å². The summed E-state index contributed by atoms with van der Waals surface area (Å²) in [6, 6.07) is 17.4. The number of aromatic nitrogens is 5. The Morgan fingerprint density at radius 2 is 1.82 bits per heavy atom. The molecule has 8 heteroatoms. The molecule has 0 bridgehead atoms. The molecule has 0 fully saturated rings. The summed E-state index contributed by atoms with van der Waals surface area (Å²) in [6.07, 6.45) is 5.46. The Morgan fingerprint density at radius 3 is 2.65 bits per heavy atom. The second kappa shape index (κ2) is 9.35. The summed E-state index contributed by atoms with van der Waals surface area (Å²) in [7, 11) is 0. The van der Waals surface area contributed by atoms with Crippen LogP contribution in [0.2, 0.25) is 0 Å². The topological polar surface area (TPSA) is 87.5 Å². The van der Waals surface area contributed by atoms with Crippen LogP contribution in [0.5, 0.6) is 5.75 Å². The minimum absolute atomic E-state index is 0.172. The first-order chi connectivity index (χ1) is 16.6. The molecule has 0 N–H and O–H groups in total. The highest BCUT2D eigenvalue weighted by Crippen LogP contribution is 2.29. The van der Waals surface area contributed by atoms with Crippen molar-refractivity contribution in [2.75, 3.05) is 6.61 Å². The molecule has 3 heterocycles. The van der Waals surface area contributed by atoms with Crippen LogP contribution >= 0.6 is 0 Å². The summed E-state index contributed by atoms with van der Waals surface area (Å²) >= 11 is 0. The van der Waals surface area contributed by atoms with E-state index in [-0.39, 0.29) is 12.1 Å². The Balaban J connectivity index is 1.44. The van der Waals surface area contributed by atoms with Gasteiger partial charge in [-0.3, -0.25) is 4.79 Å². The zero-order valence-corrected chi connectivity index (χ0v) is 19.1. The number of rotatable bonds is 8. The average molecular weight is 456 g/mol. The summed E-state index contributed by atoms with van der Waals surface area (Å²) in [6.45, 7) is 4.93. The standard InChI is InChI=1S/C26H25N5O3/c1-3-4-15-33-23-12-8-7-11-20(23)21-16-22-26(32)30(13-14-31(22)28-21)17-24-27-25(29-34-24)19-10-6-5-9-18(19)2/h5-14,16H,3-4,15,17H2,1-2H3. The third kappa shape index (κ3) is 4.22. The monoisotopic (exact) mass is 455 g/mol. The summed E-state index contributed by atoms with van der Waals surface area (Å²) < 4.78 is 14.5. The minimum atomic E-state index is -0.193. The van der Waals surface area contributed by atoms with Crippen LogP contribution in [0.15, 0.2) is 76.3 Å². The van der Waals surface area contributed by atoms with Gasteiger partial charge in [0.25, 0.3) is 5.56 Å². The molecule has 172 valence electrons. The van der Waals surface area contributed by atoms with Crippen molar-refractivity contribution in [2.45, 2.75) is 33.2 Å². The smallest absolute Gasteiger partial charge is 0.277 e. The van der Waals surface area contributed by atoms with Crippen molar-refractivity contribution in [3.05, 3.63) is 88.8 Å². The third-order valence-corrected chi connectivity index (χ3v) is 5.68. The van der Waals surface area contributed by atoms with Crippen LogP contribution in [0.1, 0.15) is 31.2 Å². The first kappa shape index (κ1) is 21.6. The Morgan fingerprint density at radius 1 is 1.03 bits per heavy atom. The molecule has 0 saturated carbocycles. The fourth-order valence-corrected chi connectivity index (χ4v) is 3.81. The zero-order valence-electron chi connectivity index (χ0n) is 19.1. The lowest BCUT2D eigenvalue weighted by atomic mass is 10.1. The van der Waals surface area contributed by atoms with Crippen molar-refractivity contribution in [2.24, 2.45) is 0 Å². The fourth-order valence-electron chi connectivity index (χ4n) is 3.81. The van der Waals surface area contributed by atoms with E-state index >= 15 is 0 Å². The number of para-hydroxylation sites is 1. The van der Waals surface area contributed by atoms with Gasteiger partial charge in [-0.25, -0.2) is 4.52 Å². The lowest BCUT2D eigenvalue weighted by molar-refractivity contribution is 0.310. The maximum Gasteiger partial charge on any atom is 0.277 e. The molecule has 0 spiro atoms. The molecule has 2 aromatic carbocycles. The Bertz CT molecular complexity index is 1500. The van der Waals surface area contributed by atoms with Gasteiger partial charge in [0.05, 0.1) is 12.3 Å². The van der Waals surface area contributed by atoms with E-state index in [0.717, 1.165) is 35.3 Å². The zero-order chi connectivity index (χ0) is 23.5. The SMILES string of the molecule is CCCCOc1ccccc1-c1cc2c(=O)n(Cc3nc(-c4ccccc4C)no3)ccn2n1. The van der Waals surface area contributed by atoms with Crippen molar-refractivity contribution in [3.63, 3.8) is 0 Å². The van der Waals surface area contributed by atoms with Gasteiger partial charge >= 0.3 is 0 Å². The number of nitrogens with zero attached hydrogens (tertiary/aromatic N) is 5. The Kier molecular flexibility index (Phi) is 5.95. The summed E-state index contributed by atoms with van der Waals surface area (Å²) in [5.41, 5.74) is 3.76. The Labute approximate surface area is 196 Å². The van der Waals surface area contributed by atoms with E-state index in [2.05, 4.69) is 22.2 Å². The van der Waals surface area contributed by atoms with E-state index in [1.165, 1.54) is 0 Å². The van der Waals surface area contributed by atoms with Crippen LogP contribution in [-0.4, -0.2) is 30.9 Å². The van der Waals surface area contributed by atoms with E-state index in [1.807, 2.05) is 55.5 Å². The highest BCUT2D eigenvalue weighted by Gasteiger charge is 2.15. The van der Waals surface area contributed by atoms with Gasteiger partial charge in [-0.1, -0.05) is 54.9 Å². The van der Waals surface area contributed by atoms with Gasteiger partial charge in [0, 0.05) is 23.5 Å². The van der Waals surface area contributed by atoms with Crippen molar-refractivity contribution in [1.82, 2.24) is 24.3 Å². The molecule has 0 amide bonds. The second-order valence-electron chi connectivity index (χ2n) is 8.12. The van der Waals surface area contributed by atoms with Crippen LogP contribution in [0.4, 0.5) is 0 Å². The molecule has 0 saturated heterocycles. The van der Waals surface area contributed by atoms with Gasteiger partial charge in [0.1, 0.15) is 17.8 Å². The molecule has 34 heavy (non-hydrogen) atoms. The predicted molar refractivity (Wildman–Crippen MR) is 129 cm³/mol. The Hall–Kier alpha value is -4.20. The van der Waals surface area contributed by atoms with Gasteiger partial charge in [0.2, 0.25) is 11.7 Å². The highest BCUT2D eigenvalue weighted by molar-refractivity contribution is 5.71. The number of benzene rings is 2. The van der Waals surface area contributed by atoms with Crippen LogP contribution in [0.3, 0.4) is 0 Å². The van der Waals surface area contributed by atoms with E-state index in [1.54, 1.807) is 27.5 Å². The van der Waals surface area contributed by atoms with Gasteiger partial charge in [0.15, 0.2) is 0 Å². The quantitative estimate of drug-likeness (QED) is 0.314. The molecule has 0 atom stereocenters. The predicted octanol–water partition coefficient (Wildman–Crippen LogP) is 4.75. The van der Waals surface area contributed by atoms with E-state index in [4.69, 9.17) is 9.26 Å². The highest BCUT2D eigenvalue weighted by atomic mass is 16.5. The number of unbranched alkanes of at least 4 members (excludes halogenated alkanes) is 1. The minimum Gasteiger partial charge on any atom is -0.493 e. The molecule has 0 radical (unpaired) electrons. The molecule has 8 nitrogen and oxygen atoms in total. The van der Waals surface area contributed by atoms with Crippen molar-refractivity contribution in [3.8, 4) is 28.4 Å². The van der Waals surface area contributed by atoms with E-state index in [0.29, 0.717) is 29.5 Å². The maximum absolute atomic E-state index is 13.2. The number of aryl methyl sites for hydroxylation is 1. The summed E-state index contributed by atoms with van der Waals surface area (Å²) in [4.78, 5) is 17.7. The fraction of sp³-hybridized carbons (Fsp3) is 0.231. The van der Waals surface area contributed by atoms with Gasteiger partial charge in [-0.2, -0.15) is 10.1 Å². The molecule has 5 aromatic rings. The largest absolute Gasteiger partial charge is 0.493 e. The molecule has 0 aliphatic rings. The average Bonchev–Trinajstić information content (AvgIpc) is 3.49. The lowest BCUT2D eigenvalue weighted by Gasteiger charge is -2.09. The third-order valence-electron chi connectivity index (χ3n) is 5.68. The summed E-state index contributed by atoms with van der Waals surface area (Å²) in [5, 5.41) is 8.69. The number of hydrogen-bond donors (Lipinski definition) is 0. The van der Waals surface area contributed by atoms with Crippen LogP contribution in [0, 0.1) is 6.92 Å². The first-order valence-electron chi connectivity index (χ1n) is 11.3. The molecular weight excluding hydrogens is 430 g/mol. The van der Waals surface area contributed by atoms with Gasteiger partial charge < -0.3 is 13.8 Å². The van der Waals surface area contributed by atoms with Crippen molar-refractivity contribution >= 4 is 5.52 Å². The van der Waals surface area contributed by atoms with Crippen LogP contribution < -0.4 is 10.3 Å². The molecule has 5 rings (SSSR count). The maximum atomic E-state index is 13.2. The molecule has 0 aliphatic carbocycles. The van der Waals surface area contributed by atoms with E-state index in [9.17, 15) is 4.79 Å². The van der Waals surface area contributed by atoms with Crippen molar-refractivity contribution < 1.29 is 9.26 Å². The first-order valence-corrected chi connectivity index (χ1v) is 11.3. The lowest BCUT2D eigenvalue weighted by Crippen LogP contribution is -2.21.